The van der Waals surface area contributed by atoms with E-state index in [-0.39, 0.29) is 5.78 Å². The first-order chi connectivity index (χ1) is 25.7. The number of hydrogen-bond donors (Lipinski definition) is 0. The van der Waals surface area contributed by atoms with E-state index < -0.39 is 0 Å². The highest BCUT2D eigenvalue weighted by Gasteiger charge is 2.03. The number of unbranched alkanes of at least 4 members (excludes halogenated alkanes) is 7. The molecule has 5 nitrogen and oxygen atoms in total. The molecular formula is C47H50O5. The Hall–Kier alpha value is -5.55. The monoisotopic (exact) mass is 694 g/mol. The minimum absolute atomic E-state index is 0.0193. The number of ketones is 1. The molecule has 0 unspecified atom stereocenters. The maximum atomic E-state index is 12.3. The molecule has 0 fully saturated rings. The van der Waals surface area contributed by atoms with E-state index in [1.807, 2.05) is 115 Å². The van der Waals surface area contributed by atoms with Crippen molar-refractivity contribution in [2.45, 2.75) is 51.4 Å². The Labute approximate surface area is 309 Å². The molecule has 0 aromatic heterocycles. The summed E-state index contributed by atoms with van der Waals surface area (Å²) in [5, 5.41) is 0. The van der Waals surface area contributed by atoms with Crippen LogP contribution in [0.15, 0.2) is 140 Å². The van der Waals surface area contributed by atoms with E-state index in [1.54, 1.807) is 6.08 Å². The van der Waals surface area contributed by atoms with Crippen molar-refractivity contribution in [1.82, 2.24) is 0 Å². The molecule has 52 heavy (non-hydrogen) atoms. The highest BCUT2D eigenvalue weighted by Crippen LogP contribution is 2.25. The SMILES string of the molecule is C=Cc1ccc(OCCCCCCCCCCOc2ccc(-c3ccc(OCCOc4ccc(C=CC(=O)c5ccccc5)cc4)cc3)cc2)cc1. The zero-order valence-electron chi connectivity index (χ0n) is 30.1. The third kappa shape index (κ3) is 13.3. The maximum Gasteiger partial charge on any atom is 0.185 e. The zero-order valence-corrected chi connectivity index (χ0v) is 30.1. The summed E-state index contributed by atoms with van der Waals surface area (Å²) < 4.78 is 23.6. The number of rotatable bonds is 23. The van der Waals surface area contributed by atoms with Gasteiger partial charge in [-0.1, -0.05) is 136 Å². The van der Waals surface area contributed by atoms with Gasteiger partial charge in [-0.2, -0.15) is 0 Å². The quantitative estimate of drug-likeness (QED) is 0.0387. The fourth-order valence-corrected chi connectivity index (χ4v) is 5.70. The van der Waals surface area contributed by atoms with Gasteiger partial charge in [-0.15, -0.1) is 0 Å². The van der Waals surface area contributed by atoms with E-state index in [4.69, 9.17) is 18.9 Å². The van der Waals surface area contributed by atoms with E-state index >= 15 is 0 Å². The van der Waals surface area contributed by atoms with Crippen LogP contribution < -0.4 is 18.9 Å². The van der Waals surface area contributed by atoms with Crippen molar-refractivity contribution in [3.8, 4) is 34.1 Å². The number of ether oxygens (including phenoxy) is 4. The first-order valence-corrected chi connectivity index (χ1v) is 18.5. The molecular weight excluding hydrogens is 645 g/mol. The number of carbonyl (C=O) groups excluding carboxylic acids is 1. The van der Waals surface area contributed by atoms with Crippen molar-refractivity contribution in [2.24, 2.45) is 0 Å². The lowest BCUT2D eigenvalue weighted by atomic mass is 10.1. The van der Waals surface area contributed by atoms with Crippen molar-refractivity contribution in [2.75, 3.05) is 26.4 Å². The second-order valence-electron chi connectivity index (χ2n) is 12.7. The summed E-state index contributed by atoms with van der Waals surface area (Å²) >= 11 is 0. The lowest BCUT2D eigenvalue weighted by molar-refractivity contribution is 0.104. The summed E-state index contributed by atoms with van der Waals surface area (Å²) in [6.45, 7) is 6.17. The van der Waals surface area contributed by atoms with Gasteiger partial charge in [-0.05, 0) is 89.7 Å². The Bertz CT molecular complexity index is 1780. The van der Waals surface area contributed by atoms with Crippen LogP contribution in [0.2, 0.25) is 0 Å². The van der Waals surface area contributed by atoms with Gasteiger partial charge >= 0.3 is 0 Å². The topological polar surface area (TPSA) is 54.0 Å². The van der Waals surface area contributed by atoms with Crippen molar-refractivity contribution < 1.29 is 23.7 Å². The Kier molecular flexibility index (Phi) is 15.7. The number of carbonyl (C=O) groups is 1. The van der Waals surface area contributed by atoms with Gasteiger partial charge in [0.1, 0.15) is 36.2 Å². The van der Waals surface area contributed by atoms with Gasteiger partial charge in [-0.25, -0.2) is 0 Å². The average Bonchev–Trinajstić information content (AvgIpc) is 3.20. The highest BCUT2D eigenvalue weighted by atomic mass is 16.5. The van der Waals surface area contributed by atoms with Gasteiger partial charge in [-0.3, -0.25) is 4.79 Å². The minimum Gasteiger partial charge on any atom is -0.494 e. The normalized spacial score (nSPS) is 10.9. The van der Waals surface area contributed by atoms with E-state index in [0.717, 1.165) is 71.3 Å². The van der Waals surface area contributed by atoms with Crippen molar-refractivity contribution in [1.29, 1.82) is 0 Å². The maximum absolute atomic E-state index is 12.3. The third-order valence-corrected chi connectivity index (χ3v) is 8.72. The fraction of sp³-hybridized carbons (Fsp3) is 0.255. The van der Waals surface area contributed by atoms with E-state index in [0.29, 0.717) is 18.8 Å². The molecule has 0 aliphatic rings. The molecule has 0 amide bonds. The van der Waals surface area contributed by atoms with Crippen LogP contribution in [-0.2, 0) is 0 Å². The van der Waals surface area contributed by atoms with Gasteiger partial charge in [0, 0.05) is 5.56 Å². The fourth-order valence-electron chi connectivity index (χ4n) is 5.70. The van der Waals surface area contributed by atoms with E-state index in [9.17, 15) is 4.79 Å². The summed E-state index contributed by atoms with van der Waals surface area (Å²) in [4.78, 5) is 12.3. The third-order valence-electron chi connectivity index (χ3n) is 8.72. The molecule has 5 rings (SSSR count). The molecule has 0 atom stereocenters. The number of allylic oxidation sites excluding steroid dienone is 1. The van der Waals surface area contributed by atoms with Gasteiger partial charge in [0.15, 0.2) is 5.78 Å². The average molecular weight is 695 g/mol. The van der Waals surface area contributed by atoms with Crippen molar-refractivity contribution in [3.63, 3.8) is 0 Å². The Morgan fingerprint density at radius 2 is 0.827 bits per heavy atom. The van der Waals surface area contributed by atoms with Crippen LogP contribution in [0, 0.1) is 0 Å². The number of benzene rings is 5. The molecule has 268 valence electrons. The van der Waals surface area contributed by atoms with Gasteiger partial charge in [0.25, 0.3) is 0 Å². The molecule has 0 aliphatic carbocycles. The standard InChI is InChI=1S/C47H50O5/c1-2-38-16-25-43(26-17-38)49-34-12-7-5-3-4-6-8-13-35-50-45-29-21-40(22-30-45)41-23-31-46(32-24-41)52-37-36-51-44-27-18-39(19-28-44)20-33-47(48)42-14-10-9-11-15-42/h2,9-11,14-33H,1,3-8,12-13,34-37H2. The first-order valence-electron chi connectivity index (χ1n) is 18.5. The van der Waals surface area contributed by atoms with Crippen LogP contribution in [0.25, 0.3) is 23.3 Å². The van der Waals surface area contributed by atoms with Crippen LogP contribution >= 0.6 is 0 Å². The van der Waals surface area contributed by atoms with Crippen LogP contribution in [0.4, 0.5) is 0 Å². The second kappa shape index (κ2) is 21.6. The summed E-state index contributed by atoms with van der Waals surface area (Å²) in [6.07, 6.45) is 14.9. The molecule has 5 aromatic carbocycles. The van der Waals surface area contributed by atoms with Crippen LogP contribution in [0.3, 0.4) is 0 Å². The zero-order chi connectivity index (χ0) is 36.1. The van der Waals surface area contributed by atoms with Crippen LogP contribution in [0.1, 0.15) is 72.9 Å². The molecule has 0 bridgehead atoms. The number of hydrogen-bond acceptors (Lipinski definition) is 5. The van der Waals surface area contributed by atoms with E-state index in [1.165, 1.54) is 38.5 Å². The summed E-state index contributed by atoms with van der Waals surface area (Å²) in [5.41, 5.74) is 4.99. The van der Waals surface area contributed by atoms with Crippen molar-refractivity contribution >= 4 is 17.9 Å². The lowest BCUT2D eigenvalue weighted by Crippen LogP contribution is -2.08. The van der Waals surface area contributed by atoms with Gasteiger partial charge in [0.2, 0.25) is 0 Å². The molecule has 0 saturated heterocycles. The Balaban J connectivity index is 0.882. The van der Waals surface area contributed by atoms with Gasteiger partial charge < -0.3 is 18.9 Å². The molecule has 0 aliphatic heterocycles. The van der Waals surface area contributed by atoms with Crippen LogP contribution in [-0.4, -0.2) is 32.2 Å². The molecule has 5 heteroatoms. The molecule has 0 saturated carbocycles. The summed E-state index contributed by atoms with van der Waals surface area (Å²) in [7, 11) is 0. The molecule has 0 heterocycles. The second-order valence-corrected chi connectivity index (χ2v) is 12.7. The summed E-state index contributed by atoms with van der Waals surface area (Å²) in [5.74, 6) is 3.38. The van der Waals surface area contributed by atoms with Crippen molar-refractivity contribution in [3.05, 3.63) is 157 Å². The lowest BCUT2D eigenvalue weighted by Gasteiger charge is -2.10. The van der Waals surface area contributed by atoms with E-state index in [2.05, 4.69) is 30.8 Å². The largest absolute Gasteiger partial charge is 0.494 e. The molecule has 0 N–H and O–H groups in total. The summed E-state index contributed by atoms with van der Waals surface area (Å²) in [6, 6.07) is 41.4. The predicted octanol–water partition coefficient (Wildman–Crippen LogP) is 11.9. The molecule has 0 spiro atoms. The Morgan fingerprint density at radius 1 is 0.442 bits per heavy atom. The molecule has 5 aromatic rings. The smallest absolute Gasteiger partial charge is 0.185 e. The highest BCUT2D eigenvalue weighted by molar-refractivity contribution is 6.06. The first kappa shape index (κ1) is 37.7. The Morgan fingerprint density at radius 3 is 1.27 bits per heavy atom. The minimum atomic E-state index is -0.0193. The van der Waals surface area contributed by atoms with Crippen LogP contribution in [0.5, 0.6) is 23.0 Å². The van der Waals surface area contributed by atoms with Gasteiger partial charge in [0.05, 0.1) is 13.2 Å². The molecule has 0 radical (unpaired) electrons. The predicted molar refractivity (Wildman–Crippen MR) is 214 cm³/mol.